The Hall–Kier alpha value is -1.06. The van der Waals surface area contributed by atoms with Crippen LogP contribution < -0.4 is 5.32 Å². The Kier molecular flexibility index (Phi) is 2.93. The Labute approximate surface area is 89.0 Å². The van der Waals surface area contributed by atoms with E-state index in [2.05, 4.69) is 5.32 Å². The number of hydrogen-bond acceptors (Lipinski definition) is 2. The van der Waals surface area contributed by atoms with Crippen molar-refractivity contribution in [1.29, 1.82) is 0 Å². The van der Waals surface area contributed by atoms with Crippen LogP contribution in [0.25, 0.3) is 0 Å². The van der Waals surface area contributed by atoms with Gasteiger partial charge in [0, 0.05) is 6.04 Å². The van der Waals surface area contributed by atoms with Crippen LogP contribution in [-0.4, -0.2) is 23.0 Å². The van der Waals surface area contributed by atoms with Crippen molar-refractivity contribution in [2.24, 2.45) is 11.8 Å². The molecule has 0 heterocycles. The van der Waals surface area contributed by atoms with Crippen LogP contribution in [0, 0.1) is 11.8 Å². The molecule has 2 fully saturated rings. The zero-order chi connectivity index (χ0) is 10.8. The third-order valence-electron chi connectivity index (χ3n) is 3.40. The quantitative estimate of drug-likeness (QED) is 0.736. The number of carboxylic acid groups (broad SMARTS) is 1. The second-order valence-corrected chi connectivity index (χ2v) is 4.63. The molecule has 0 aromatic heterocycles. The molecule has 1 amide bonds. The first-order valence-electron chi connectivity index (χ1n) is 5.71. The van der Waals surface area contributed by atoms with E-state index in [9.17, 15) is 9.59 Å². The maximum Gasteiger partial charge on any atom is 0.307 e. The van der Waals surface area contributed by atoms with Gasteiger partial charge in [0.15, 0.2) is 0 Å². The minimum atomic E-state index is -0.834. The molecule has 2 N–H and O–H groups in total. The summed E-state index contributed by atoms with van der Waals surface area (Å²) >= 11 is 0. The third kappa shape index (κ3) is 2.49. The zero-order valence-corrected chi connectivity index (χ0v) is 8.74. The first-order chi connectivity index (χ1) is 7.18. The monoisotopic (exact) mass is 211 g/mol. The van der Waals surface area contributed by atoms with E-state index in [4.69, 9.17) is 5.11 Å². The number of carbonyl (C=O) groups is 2. The summed E-state index contributed by atoms with van der Waals surface area (Å²) in [5.41, 5.74) is 0. The molecule has 2 aliphatic rings. The molecule has 0 radical (unpaired) electrons. The van der Waals surface area contributed by atoms with Gasteiger partial charge in [0.25, 0.3) is 0 Å². The van der Waals surface area contributed by atoms with Crippen molar-refractivity contribution >= 4 is 11.9 Å². The molecular formula is C11H17NO3. The molecule has 2 atom stereocenters. The highest BCUT2D eigenvalue weighted by molar-refractivity contribution is 5.89. The summed E-state index contributed by atoms with van der Waals surface area (Å²) < 4.78 is 0. The summed E-state index contributed by atoms with van der Waals surface area (Å²) in [6, 6.07) is 0.293. The summed E-state index contributed by atoms with van der Waals surface area (Å²) in [7, 11) is 0. The minimum absolute atomic E-state index is 0.0469. The molecule has 2 saturated carbocycles. The van der Waals surface area contributed by atoms with Gasteiger partial charge in [-0.05, 0) is 19.3 Å². The van der Waals surface area contributed by atoms with Crippen LogP contribution in [0.3, 0.4) is 0 Å². The maximum atomic E-state index is 11.6. The Balaban J connectivity index is 1.75. The van der Waals surface area contributed by atoms with Crippen molar-refractivity contribution in [2.45, 2.75) is 44.6 Å². The number of nitrogens with one attached hydrogen (secondary N) is 1. The summed E-state index contributed by atoms with van der Waals surface area (Å²) in [5, 5.41) is 11.7. The molecule has 2 rings (SSSR count). The standard InChI is InChI=1S/C11H17NO3/c13-10(8-6-9(8)11(14)15)12-7-4-2-1-3-5-7/h7-9H,1-6H2,(H,12,13)(H,14,15)/t8-,9+/m1/s1. The van der Waals surface area contributed by atoms with Crippen LogP contribution in [0.15, 0.2) is 0 Å². The van der Waals surface area contributed by atoms with Crippen LogP contribution in [0.1, 0.15) is 38.5 Å². The smallest absolute Gasteiger partial charge is 0.307 e. The summed E-state index contributed by atoms with van der Waals surface area (Å²) in [5.74, 6) is -1.56. The summed E-state index contributed by atoms with van der Waals surface area (Å²) in [6.07, 6.45) is 6.24. The number of rotatable bonds is 3. The highest BCUT2D eigenvalue weighted by Crippen LogP contribution is 2.39. The second kappa shape index (κ2) is 4.21. The largest absolute Gasteiger partial charge is 0.481 e. The lowest BCUT2D eigenvalue weighted by molar-refractivity contribution is -0.140. The first kappa shape index (κ1) is 10.5. The van der Waals surface area contributed by atoms with E-state index in [0.717, 1.165) is 12.8 Å². The van der Waals surface area contributed by atoms with Gasteiger partial charge < -0.3 is 10.4 Å². The van der Waals surface area contributed by atoms with Gasteiger partial charge in [0.05, 0.1) is 11.8 Å². The lowest BCUT2D eigenvalue weighted by Crippen LogP contribution is -2.37. The van der Waals surface area contributed by atoms with Gasteiger partial charge in [-0.1, -0.05) is 19.3 Å². The number of hydrogen-bond donors (Lipinski definition) is 2. The fourth-order valence-corrected chi connectivity index (χ4v) is 2.31. The van der Waals surface area contributed by atoms with E-state index in [1.54, 1.807) is 0 Å². The van der Waals surface area contributed by atoms with Gasteiger partial charge in [-0.3, -0.25) is 9.59 Å². The van der Waals surface area contributed by atoms with Crippen LogP contribution >= 0.6 is 0 Å². The second-order valence-electron chi connectivity index (χ2n) is 4.63. The first-order valence-corrected chi connectivity index (χ1v) is 5.71. The number of carboxylic acids is 1. The van der Waals surface area contributed by atoms with Crippen LogP contribution in [-0.2, 0) is 9.59 Å². The normalized spacial score (nSPS) is 30.9. The molecular weight excluding hydrogens is 194 g/mol. The zero-order valence-electron chi connectivity index (χ0n) is 8.74. The lowest BCUT2D eigenvalue weighted by Gasteiger charge is -2.22. The highest BCUT2D eigenvalue weighted by Gasteiger charge is 2.48. The van der Waals surface area contributed by atoms with Gasteiger partial charge in [-0.15, -0.1) is 0 Å². The average molecular weight is 211 g/mol. The predicted octanol–water partition coefficient (Wildman–Crippen LogP) is 1.16. The molecule has 4 nitrogen and oxygen atoms in total. The minimum Gasteiger partial charge on any atom is -0.481 e. The van der Waals surface area contributed by atoms with Gasteiger partial charge in [-0.25, -0.2) is 0 Å². The van der Waals surface area contributed by atoms with Crippen LogP contribution in [0.4, 0.5) is 0 Å². The van der Waals surface area contributed by atoms with Crippen LogP contribution in [0.5, 0.6) is 0 Å². The molecule has 84 valence electrons. The van der Waals surface area contributed by atoms with Gasteiger partial charge in [0.2, 0.25) is 5.91 Å². The van der Waals surface area contributed by atoms with Crippen LogP contribution in [0.2, 0.25) is 0 Å². The van der Waals surface area contributed by atoms with Gasteiger partial charge in [0.1, 0.15) is 0 Å². The third-order valence-corrected chi connectivity index (χ3v) is 3.40. The van der Waals surface area contributed by atoms with E-state index in [-0.39, 0.29) is 11.8 Å². The Morgan fingerprint density at radius 2 is 1.73 bits per heavy atom. The SMILES string of the molecule is O=C(O)[C@H]1C[C@H]1C(=O)NC1CCCCC1. The molecule has 0 saturated heterocycles. The number of aliphatic carboxylic acids is 1. The van der Waals surface area contributed by atoms with E-state index in [1.807, 2.05) is 0 Å². The lowest BCUT2D eigenvalue weighted by atomic mass is 9.95. The molecule has 0 aromatic rings. The maximum absolute atomic E-state index is 11.6. The molecule has 0 aromatic carbocycles. The van der Waals surface area contributed by atoms with Crippen molar-refractivity contribution in [1.82, 2.24) is 5.32 Å². The van der Waals surface area contributed by atoms with Crippen molar-refractivity contribution < 1.29 is 14.7 Å². The number of amides is 1. The van der Waals surface area contributed by atoms with E-state index in [1.165, 1.54) is 19.3 Å². The van der Waals surface area contributed by atoms with Crippen molar-refractivity contribution in [2.75, 3.05) is 0 Å². The molecule has 15 heavy (non-hydrogen) atoms. The Morgan fingerprint density at radius 1 is 1.07 bits per heavy atom. The highest BCUT2D eigenvalue weighted by atomic mass is 16.4. The molecule has 2 aliphatic carbocycles. The average Bonchev–Trinajstić information content (AvgIpc) is 2.98. The predicted molar refractivity (Wildman–Crippen MR) is 54.2 cm³/mol. The fourth-order valence-electron chi connectivity index (χ4n) is 2.31. The van der Waals surface area contributed by atoms with Crippen molar-refractivity contribution in [3.8, 4) is 0 Å². The van der Waals surface area contributed by atoms with E-state index < -0.39 is 11.9 Å². The summed E-state index contributed by atoms with van der Waals surface area (Å²) in [6.45, 7) is 0. The van der Waals surface area contributed by atoms with E-state index in [0.29, 0.717) is 12.5 Å². The van der Waals surface area contributed by atoms with E-state index >= 15 is 0 Å². The summed E-state index contributed by atoms with van der Waals surface area (Å²) in [4.78, 5) is 22.2. The molecule has 4 heteroatoms. The van der Waals surface area contributed by atoms with Gasteiger partial charge in [-0.2, -0.15) is 0 Å². The Morgan fingerprint density at radius 3 is 2.27 bits per heavy atom. The molecule has 0 unspecified atom stereocenters. The Bertz CT molecular complexity index is 271. The number of carbonyl (C=O) groups excluding carboxylic acids is 1. The fraction of sp³-hybridized carbons (Fsp3) is 0.818. The topological polar surface area (TPSA) is 66.4 Å². The molecule has 0 spiro atoms. The van der Waals surface area contributed by atoms with Crippen molar-refractivity contribution in [3.63, 3.8) is 0 Å². The van der Waals surface area contributed by atoms with Crippen molar-refractivity contribution in [3.05, 3.63) is 0 Å². The van der Waals surface area contributed by atoms with Gasteiger partial charge >= 0.3 is 5.97 Å². The molecule has 0 aliphatic heterocycles. The molecule has 0 bridgehead atoms.